The number of rotatable bonds is 12. The van der Waals surface area contributed by atoms with Crippen molar-refractivity contribution in [1.82, 2.24) is 30.9 Å². The Hall–Kier alpha value is -4.54. The number of nitrogens with one attached hydrogen (secondary N) is 5. The number of carbonyl (C=O) groups is 4. The van der Waals surface area contributed by atoms with E-state index < -0.39 is 41.1 Å². The van der Waals surface area contributed by atoms with E-state index in [0.29, 0.717) is 0 Å². The Bertz CT molecular complexity index is 1270. The molecule has 0 saturated carbocycles. The third kappa shape index (κ3) is 7.99. The van der Waals surface area contributed by atoms with Crippen molar-refractivity contribution in [1.29, 1.82) is 0 Å². The molecule has 0 spiro atoms. The molecular weight excluding hydrogens is 476 g/mol. The summed E-state index contributed by atoms with van der Waals surface area (Å²) in [4.78, 5) is 72.9. The molecule has 5 N–H and O–H groups in total. The third-order valence-electron chi connectivity index (χ3n) is 5.52. The summed E-state index contributed by atoms with van der Waals surface area (Å²) < 4.78 is 0. The van der Waals surface area contributed by atoms with Gasteiger partial charge in [-0.25, -0.2) is 4.98 Å². The fourth-order valence-corrected chi connectivity index (χ4v) is 3.66. The van der Waals surface area contributed by atoms with Crippen LogP contribution >= 0.6 is 0 Å². The molecule has 3 amide bonds. The minimum atomic E-state index is -1.33. The van der Waals surface area contributed by atoms with E-state index in [2.05, 4.69) is 30.9 Å². The zero-order valence-corrected chi connectivity index (χ0v) is 20.6. The second kappa shape index (κ2) is 13.0. The topological polar surface area (TPSA) is 166 Å². The van der Waals surface area contributed by atoms with Crippen LogP contribution in [0.4, 0.5) is 0 Å². The highest BCUT2D eigenvalue weighted by Crippen LogP contribution is 2.08. The third-order valence-corrected chi connectivity index (χ3v) is 5.52. The van der Waals surface area contributed by atoms with Crippen LogP contribution in [0.25, 0.3) is 0 Å². The molecule has 11 nitrogen and oxygen atoms in total. The number of benzene rings is 1. The quantitative estimate of drug-likeness (QED) is 0.229. The number of H-pyrrole nitrogens is 2. The van der Waals surface area contributed by atoms with Crippen LogP contribution in [0.3, 0.4) is 0 Å². The minimum Gasteiger partial charge on any atom is -0.345 e. The van der Waals surface area contributed by atoms with Crippen LogP contribution in [0.5, 0.6) is 0 Å². The SMILES string of the molecule is CC(C)CC(NC(=O)c1ncc[nH]1)C(=O)NC(Cc1ccc[nH]c1=O)C(=O)C(=O)NCc1ccccc1. The van der Waals surface area contributed by atoms with Crippen LogP contribution in [0.2, 0.25) is 0 Å². The van der Waals surface area contributed by atoms with Crippen LogP contribution < -0.4 is 21.5 Å². The van der Waals surface area contributed by atoms with Crippen LogP contribution in [0, 0.1) is 5.92 Å². The van der Waals surface area contributed by atoms with Crippen molar-refractivity contribution in [2.45, 2.75) is 45.3 Å². The Morgan fingerprint density at radius 3 is 2.32 bits per heavy atom. The van der Waals surface area contributed by atoms with Gasteiger partial charge < -0.3 is 25.9 Å². The van der Waals surface area contributed by atoms with E-state index in [1.165, 1.54) is 24.7 Å². The van der Waals surface area contributed by atoms with Gasteiger partial charge in [-0.2, -0.15) is 0 Å². The number of ketones is 1. The Labute approximate surface area is 213 Å². The summed E-state index contributed by atoms with van der Waals surface area (Å²) in [5, 5.41) is 7.76. The van der Waals surface area contributed by atoms with E-state index in [9.17, 15) is 24.0 Å². The first-order valence-corrected chi connectivity index (χ1v) is 11.9. The van der Waals surface area contributed by atoms with Gasteiger partial charge in [0, 0.05) is 37.1 Å². The van der Waals surface area contributed by atoms with Gasteiger partial charge in [-0.3, -0.25) is 24.0 Å². The van der Waals surface area contributed by atoms with Gasteiger partial charge in [-0.05, 0) is 24.0 Å². The number of hydrogen-bond acceptors (Lipinski definition) is 6. The molecule has 3 rings (SSSR count). The zero-order valence-electron chi connectivity index (χ0n) is 20.6. The van der Waals surface area contributed by atoms with Crippen molar-refractivity contribution in [3.8, 4) is 0 Å². The number of Topliss-reactive ketones (excluding diaryl/α,β-unsaturated/α-hetero) is 1. The lowest BCUT2D eigenvalue weighted by atomic mass is 9.99. The highest BCUT2D eigenvalue weighted by Gasteiger charge is 2.31. The predicted octanol–water partition coefficient (Wildman–Crippen LogP) is 0.856. The van der Waals surface area contributed by atoms with Crippen molar-refractivity contribution in [2.75, 3.05) is 0 Å². The van der Waals surface area contributed by atoms with Crippen LogP contribution in [0.15, 0.2) is 65.8 Å². The average Bonchev–Trinajstić information content (AvgIpc) is 3.43. The van der Waals surface area contributed by atoms with E-state index in [1.54, 1.807) is 30.3 Å². The number of hydrogen-bond donors (Lipinski definition) is 5. The van der Waals surface area contributed by atoms with Gasteiger partial charge in [-0.15, -0.1) is 0 Å². The first-order valence-electron chi connectivity index (χ1n) is 11.9. The number of aromatic amines is 2. The monoisotopic (exact) mass is 506 g/mol. The molecule has 1 aromatic carbocycles. The van der Waals surface area contributed by atoms with Gasteiger partial charge in [0.25, 0.3) is 17.4 Å². The maximum absolute atomic E-state index is 13.2. The molecular formula is C26H30N6O5. The van der Waals surface area contributed by atoms with Gasteiger partial charge in [-0.1, -0.05) is 50.2 Å². The summed E-state index contributed by atoms with van der Waals surface area (Å²) in [7, 11) is 0. The summed E-state index contributed by atoms with van der Waals surface area (Å²) in [6.45, 7) is 3.87. The van der Waals surface area contributed by atoms with Gasteiger partial charge in [0.05, 0.1) is 0 Å². The Balaban J connectivity index is 1.78. The van der Waals surface area contributed by atoms with E-state index >= 15 is 0 Å². The lowest BCUT2D eigenvalue weighted by Gasteiger charge is -2.23. The molecule has 194 valence electrons. The summed E-state index contributed by atoms with van der Waals surface area (Å²) in [6.07, 6.45) is 4.39. The van der Waals surface area contributed by atoms with E-state index in [4.69, 9.17) is 0 Å². The van der Waals surface area contributed by atoms with Crippen molar-refractivity contribution < 1.29 is 19.2 Å². The van der Waals surface area contributed by atoms with Crippen LogP contribution in [0.1, 0.15) is 42.0 Å². The van der Waals surface area contributed by atoms with Gasteiger partial charge in [0.15, 0.2) is 5.82 Å². The molecule has 2 atom stereocenters. The Morgan fingerprint density at radius 2 is 1.68 bits per heavy atom. The molecule has 11 heteroatoms. The number of aromatic nitrogens is 3. The van der Waals surface area contributed by atoms with Crippen molar-refractivity contribution >= 4 is 23.5 Å². The largest absolute Gasteiger partial charge is 0.345 e. The Morgan fingerprint density at radius 1 is 0.919 bits per heavy atom. The normalized spacial score (nSPS) is 12.4. The Kier molecular flexibility index (Phi) is 9.48. The van der Waals surface area contributed by atoms with E-state index in [0.717, 1.165) is 5.56 Å². The lowest BCUT2D eigenvalue weighted by Crippen LogP contribution is -2.55. The summed E-state index contributed by atoms with van der Waals surface area (Å²) in [6, 6.07) is 9.80. The summed E-state index contributed by atoms with van der Waals surface area (Å²) >= 11 is 0. The minimum absolute atomic E-state index is 0.0212. The summed E-state index contributed by atoms with van der Waals surface area (Å²) in [5.74, 6) is -3.00. The average molecular weight is 507 g/mol. The molecule has 2 aromatic heterocycles. The number of pyridine rings is 1. The smallest absolute Gasteiger partial charge is 0.289 e. The molecule has 37 heavy (non-hydrogen) atoms. The molecule has 0 aliphatic heterocycles. The maximum Gasteiger partial charge on any atom is 0.289 e. The summed E-state index contributed by atoms with van der Waals surface area (Å²) in [5.41, 5.74) is 0.572. The molecule has 0 radical (unpaired) electrons. The van der Waals surface area contributed by atoms with E-state index in [1.807, 2.05) is 19.9 Å². The molecule has 0 aliphatic carbocycles. The number of amides is 3. The fraction of sp³-hybridized carbons (Fsp3) is 0.308. The van der Waals surface area contributed by atoms with E-state index in [-0.39, 0.29) is 36.7 Å². The number of nitrogens with zero attached hydrogens (tertiary/aromatic N) is 1. The number of carbonyl (C=O) groups excluding carboxylic acids is 4. The van der Waals surface area contributed by atoms with Gasteiger partial charge in [0.2, 0.25) is 11.7 Å². The predicted molar refractivity (Wildman–Crippen MR) is 135 cm³/mol. The van der Waals surface area contributed by atoms with Crippen molar-refractivity contribution in [3.63, 3.8) is 0 Å². The molecule has 0 bridgehead atoms. The van der Waals surface area contributed by atoms with Crippen LogP contribution in [-0.2, 0) is 27.3 Å². The highest BCUT2D eigenvalue weighted by molar-refractivity contribution is 6.38. The molecule has 0 fully saturated rings. The first-order chi connectivity index (χ1) is 17.7. The van der Waals surface area contributed by atoms with Gasteiger partial charge in [0.1, 0.15) is 12.1 Å². The zero-order chi connectivity index (χ0) is 26.8. The molecule has 2 heterocycles. The first kappa shape index (κ1) is 27.1. The highest BCUT2D eigenvalue weighted by atomic mass is 16.2. The van der Waals surface area contributed by atoms with Crippen LogP contribution in [-0.4, -0.2) is 50.5 Å². The number of imidazole rings is 1. The maximum atomic E-state index is 13.2. The molecule has 0 aliphatic rings. The molecule has 3 aromatic rings. The lowest BCUT2D eigenvalue weighted by molar-refractivity contribution is -0.140. The standard InChI is InChI=1S/C26H30N6O5/c1-16(2)13-20(32-26(37)22-27-11-12-28-22)24(35)31-19(14-18-9-6-10-29-23(18)34)21(33)25(36)30-15-17-7-4-3-5-8-17/h3-12,16,19-20H,13-15H2,1-2H3,(H,27,28)(H,29,34)(H,30,36)(H,31,35)(H,32,37). The molecule has 2 unspecified atom stereocenters. The van der Waals surface area contributed by atoms with Gasteiger partial charge >= 0.3 is 0 Å². The second-order valence-corrected chi connectivity index (χ2v) is 8.92. The van der Waals surface area contributed by atoms with Crippen molar-refractivity contribution in [3.05, 3.63) is 88.4 Å². The van der Waals surface area contributed by atoms with Crippen molar-refractivity contribution in [2.24, 2.45) is 5.92 Å². The molecule has 0 saturated heterocycles. The second-order valence-electron chi connectivity index (χ2n) is 8.92. The fourth-order valence-electron chi connectivity index (χ4n) is 3.66.